The average Bonchev–Trinajstić information content (AvgIpc) is 2.94. The molecule has 2 aromatic rings. The first-order valence-electron chi connectivity index (χ1n) is 15.1. The SMILES string of the molecule is CC[C@H](C)[C@H](NC(=O)c1ccccc1SSc1ccccc1C(=O)N[C@H](C(=O)OC(C)(C)C)[C@@H](C)CC)C(=O)OC(C)(C)C. The van der Waals surface area contributed by atoms with Gasteiger partial charge in [-0.15, -0.1) is 0 Å². The van der Waals surface area contributed by atoms with Crippen LogP contribution in [0.5, 0.6) is 0 Å². The Labute approximate surface area is 270 Å². The van der Waals surface area contributed by atoms with Crippen molar-refractivity contribution in [3.05, 3.63) is 59.7 Å². The number of ether oxygens (including phenoxy) is 2. The van der Waals surface area contributed by atoms with E-state index in [-0.39, 0.29) is 23.7 Å². The maximum Gasteiger partial charge on any atom is 0.329 e. The molecule has 4 atom stereocenters. The Kier molecular flexibility index (Phi) is 13.8. The molecule has 0 saturated heterocycles. The van der Waals surface area contributed by atoms with Gasteiger partial charge in [0.05, 0.1) is 11.1 Å². The largest absolute Gasteiger partial charge is 0.458 e. The molecule has 0 aliphatic carbocycles. The van der Waals surface area contributed by atoms with Crippen molar-refractivity contribution in [3.8, 4) is 0 Å². The van der Waals surface area contributed by atoms with E-state index in [2.05, 4.69) is 10.6 Å². The van der Waals surface area contributed by atoms with Gasteiger partial charge in [0.15, 0.2) is 0 Å². The third-order valence-corrected chi connectivity index (χ3v) is 9.29. The van der Waals surface area contributed by atoms with Gasteiger partial charge < -0.3 is 20.1 Å². The first-order chi connectivity index (χ1) is 20.5. The summed E-state index contributed by atoms with van der Waals surface area (Å²) < 4.78 is 11.2. The summed E-state index contributed by atoms with van der Waals surface area (Å²) >= 11 is 0. The van der Waals surface area contributed by atoms with Gasteiger partial charge in [-0.2, -0.15) is 0 Å². The number of hydrogen-bond donors (Lipinski definition) is 2. The van der Waals surface area contributed by atoms with Crippen molar-refractivity contribution >= 4 is 45.3 Å². The molecule has 2 rings (SSSR count). The van der Waals surface area contributed by atoms with Crippen LogP contribution >= 0.6 is 21.6 Å². The number of esters is 2. The molecule has 0 aromatic heterocycles. The highest BCUT2D eigenvalue weighted by molar-refractivity contribution is 8.76. The quantitative estimate of drug-likeness (QED) is 0.171. The van der Waals surface area contributed by atoms with E-state index in [1.54, 1.807) is 65.8 Å². The fraction of sp³-hybridized carbons (Fsp3) is 0.529. The lowest BCUT2D eigenvalue weighted by atomic mass is 9.98. The Morgan fingerprint density at radius 3 is 1.25 bits per heavy atom. The summed E-state index contributed by atoms with van der Waals surface area (Å²) in [4.78, 5) is 54.2. The van der Waals surface area contributed by atoms with E-state index in [0.717, 1.165) is 0 Å². The first kappa shape index (κ1) is 37.2. The Morgan fingerprint density at radius 2 is 0.955 bits per heavy atom. The second-order valence-electron chi connectivity index (χ2n) is 12.9. The van der Waals surface area contributed by atoms with Crippen LogP contribution < -0.4 is 10.6 Å². The molecule has 0 fully saturated rings. The van der Waals surface area contributed by atoms with E-state index >= 15 is 0 Å². The topological polar surface area (TPSA) is 111 Å². The van der Waals surface area contributed by atoms with Gasteiger partial charge in [-0.3, -0.25) is 9.59 Å². The van der Waals surface area contributed by atoms with Crippen molar-refractivity contribution in [2.24, 2.45) is 11.8 Å². The minimum atomic E-state index is -0.801. The molecule has 242 valence electrons. The molecule has 2 aromatic carbocycles. The van der Waals surface area contributed by atoms with Gasteiger partial charge in [0.1, 0.15) is 23.3 Å². The van der Waals surface area contributed by atoms with Gasteiger partial charge in [0, 0.05) is 9.79 Å². The zero-order valence-electron chi connectivity index (χ0n) is 27.6. The van der Waals surface area contributed by atoms with Gasteiger partial charge in [-0.25, -0.2) is 9.59 Å². The lowest BCUT2D eigenvalue weighted by Crippen LogP contribution is -2.48. The molecule has 2 amide bonds. The van der Waals surface area contributed by atoms with Crippen molar-refractivity contribution in [2.75, 3.05) is 0 Å². The van der Waals surface area contributed by atoms with Crippen LogP contribution in [0.1, 0.15) is 103 Å². The van der Waals surface area contributed by atoms with Crippen LogP contribution in [-0.2, 0) is 19.1 Å². The molecule has 0 aliphatic rings. The lowest BCUT2D eigenvalue weighted by molar-refractivity contribution is -0.159. The molecule has 44 heavy (non-hydrogen) atoms. The zero-order valence-corrected chi connectivity index (χ0v) is 29.2. The molecule has 2 N–H and O–H groups in total. The highest BCUT2D eigenvalue weighted by Crippen LogP contribution is 2.40. The fourth-order valence-electron chi connectivity index (χ4n) is 4.05. The summed E-state index contributed by atoms with van der Waals surface area (Å²) in [5.74, 6) is -1.97. The third-order valence-electron chi connectivity index (χ3n) is 6.81. The van der Waals surface area contributed by atoms with Crippen LogP contribution in [0.15, 0.2) is 58.3 Å². The molecule has 0 saturated carbocycles. The molecule has 8 nitrogen and oxygen atoms in total. The first-order valence-corrected chi connectivity index (χ1v) is 17.2. The van der Waals surface area contributed by atoms with Gasteiger partial charge in [0.25, 0.3) is 11.8 Å². The number of carbonyl (C=O) groups is 4. The molecule has 0 heterocycles. The molecular weight excluding hydrogens is 597 g/mol. The van der Waals surface area contributed by atoms with E-state index in [4.69, 9.17) is 9.47 Å². The van der Waals surface area contributed by atoms with Crippen LogP contribution in [0.4, 0.5) is 0 Å². The molecule has 0 radical (unpaired) electrons. The fourth-order valence-corrected chi connectivity index (χ4v) is 6.41. The van der Waals surface area contributed by atoms with E-state index < -0.39 is 35.2 Å². The van der Waals surface area contributed by atoms with E-state index in [1.807, 2.05) is 52.0 Å². The molecule has 0 bridgehead atoms. The monoisotopic (exact) mass is 644 g/mol. The van der Waals surface area contributed by atoms with Gasteiger partial charge >= 0.3 is 11.9 Å². The van der Waals surface area contributed by atoms with Crippen molar-refractivity contribution in [2.45, 2.75) is 115 Å². The minimum absolute atomic E-state index is 0.131. The van der Waals surface area contributed by atoms with Crippen molar-refractivity contribution in [1.29, 1.82) is 0 Å². The average molecular weight is 645 g/mol. The zero-order chi connectivity index (χ0) is 33.2. The van der Waals surface area contributed by atoms with Gasteiger partial charge in [-0.05, 0) is 77.6 Å². The predicted octanol–water partition coefficient (Wildman–Crippen LogP) is 7.46. The number of amides is 2. The van der Waals surface area contributed by atoms with Gasteiger partial charge in [-0.1, -0.05) is 86.4 Å². The summed E-state index contributed by atoms with van der Waals surface area (Å²) in [7, 11) is 2.66. The number of benzene rings is 2. The Balaban J connectivity index is 2.26. The summed E-state index contributed by atoms with van der Waals surface area (Å²) in [5, 5.41) is 5.79. The second kappa shape index (κ2) is 16.4. The highest BCUT2D eigenvalue weighted by Gasteiger charge is 2.33. The highest BCUT2D eigenvalue weighted by atomic mass is 33.1. The normalized spacial score (nSPS) is 14.5. The van der Waals surface area contributed by atoms with Crippen LogP contribution in [0.25, 0.3) is 0 Å². The van der Waals surface area contributed by atoms with Crippen molar-refractivity contribution in [1.82, 2.24) is 10.6 Å². The minimum Gasteiger partial charge on any atom is -0.458 e. The van der Waals surface area contributed by atoms with Crippen LogP contribution in [0.3, 0.4) is 0 Å². The second-order valence-corrected chi connectivity index (χ2v) is 15.1. The Bertz CT molecular complexity index is 1200. The summed E-state index contributed by atoms with van der Waals surface area (Å²) in [5.41, 5.74) is -0.547. The predicted molar refractivity (Wildman–Crippen MR) is 178 cm³/mol. The Morgan fingerprint density at radius 1 is 0.636 bits per heavy atom. The van der Waals surface area contributed by atoms with Gasteiger partial charge in [0.2, 0.25) is 0 Å². The molecule has 0 spiro atoms. The van der Waals surface area contributed by atoms with E-state index in [0.29, 0.717) is 33.8 Å². The third kappa shape index (κ3) is 11.5. The summed E-state index contributed by atoms with van der Waals surface area (Å²) in [6, 6.07) is 12.6. The summed E-state index contributed by atoms with van der Waals surface area (Å²) in [6.07, 6.45) is 1.36. The number of hydrogen-bond acceptors (Lipinski definition) is 8. The lowest BCUT2D eigenvalue weighted by Gasteiger charge is -2.28. The van der Waals surface area contributed by atoms with E-state index in [9.17, 15) is 19.2 Å². The number of rotatable bonds is 13. The van der Waals surface area contributed by atoms with Crippen LogP contribution in [0, 0.1) is 11.8 Å². The molecule has 10 heteroatoms. The number of nitrogens with one attached hydrogen (secondary N) is 2. The molecule has 0 aliphatic heterocycles. The van der Waals surface area contributed by atoms with Crippen molar-refractivity contribution in [3.63, 3.8) is 0 Å². The summed E-state index contributed by atoms with van der Waals surface area (Å²) in [6.45, 7) is 18.5. The molecule has 0 unspecified atom stereocenters. The smallest absolute Gasteiger partial charge is 0.329 e. The standard InChI is InChI=1S/C34H48N2O6S2/c1-11-21(3)27(31(39)41-33(5,6)7)35-29(37)23-17-13-15-19-25(23)43-44-26-20-16-14-18-24(26)30(38)36-28(22(4)12-2)32(40)42-34(8,9)10/h13-22,27-28H,11-12H2,1-10H3,(H,35,37)(H,36,38)/t21-,22-,27-,28-/m0/s1. The van der Waals surface area contributed by atoms with Crippen molar-refractivity contribution < 1.29 is 28.7 Å². The Hall–Kier alpha value is -2.98. The van der Waals surface area contributed by atoms with Crippen LogP contribution in [-0.4, -0.2) is 47.0 Å². The molecular formula is C34H48N2O6S2. The van der Waals surface area contributed by atoms with E-state index in [1.165, 1.54) is 21.6 Å². The number of carbonyl (C=O) groups excluding carboxylic acids is 4. The van der Waals surface area contributed by atoms with Crippen LogP contribution in [0.2, 0.25) is 0 Å². The maximum atomic E-state index is 13.5. The maximum absolute atomic E-state index is 13.5.